The van der Waals surface area contributed by atoms with E-state index in [0.29, 0.717) is 21.8 Å². The van der Waals surface area contributed by atoms with E-state index in [2.05, 4.69) is 66.2 Å². The summed E-state index contributed by atoms with van der Waals surface area (Å²) in [7, 11) is 0.746. The predicted molar refractivity (Wildman–Crippen MR) is 123 cm³/mol. The van der Waals surface area contributed by atoms with Crippen molar-refractivity contribution in [3.63, 3.8) is 0 Å². The molecule has 0 aromatic heterocycles. The van der Waals surface area contributed by atoms with E-state index in [1.165, 1.54) is 45.3 Å². The quantitative estimate of drug-likeness (QED) is 0.506. The van der Waals surface area contributed by atoms with E-state index in [1.807, 2.05) is 0 Å². The Morgan fingerprint density at radius 1 is 0.500 bits per heavy atom. The Hall–Kier alpha value is -0.860. The summed E-state index contributed by atoms with van der Waals surface area (Å²) >= 11 is 0. The molecule has 2 aromatic carbocycles. The highest BCUT2D eigenvalue weighted by atomic mass is 32.2. The van der Waals surface area contributed by atoms with E-state index in [0.717, 1.165) is 0 Å². The number of benzene rings is 2. The molecule has 1 aliphatic heterocycles. The standard InChI is InChI=1S/C24H34S2/c1-15-9-16(2)22-12-26(8)14-24-18(4)10-17(3)23(20(24)6)13-25(7)11-21(15)19(22)5/h9-10H,11-14H2,1-8H3/q+2. The molecule has 0 fully saturated rings. The zero-order valence-electron chi connectivity index (χ0n) is 17.8. The van der Waals surface area contributed by atoms with Gasteiger partial charge in [0.25, 0.3) is 0 Å². The number of aryl methyl sites for hydroxylation is 4. The highest BCUT2D eigenvalue weighted by molar-refractivity contribution is 7.95. The normalized spacial score (nSPS) is 20.5. The third kappa shape index (κ3) is 3.73. The van der Waals surface area contributed by atoms with Gasteiger partial charge in [-0.15, -0.1) is 0 Å². The first-order valence-corrected chi connectivity index (χ1v) is 13.5. The lowest BCUT2D eigenvalue weighted by molar-refractivity contribution is 1.11. The number of hydrogen-bond donors (Lipinski definition) is 0. The SMILES string of the molecule is Cc1cc(C)c2c(C)c1C[S+](C)Cc1c(C)cc(C)c(c1C)C[S+](C)C2. The van der Waals surface area contributed by atoms with Crippen LogP contribution in [0.15, 0.2) is 12.1 Å². The van der Waals surface area contributed by atoms with Gasteiger partial charge in [0.05, 0.1) is 12.5 Å². The van der Waals surface area contributed by atoms with Crippen LogP contribution < -0.4 is 0 Å². The zero-order valence-corrected chi connectivity index (χ0v) is 19.4. The zero-order chi connectivity index (χ0) is 19.2. The number of hydrogen-bond acceptors (Lipinski definition) is 0. The van der Waals surface area contributed by atoms with Crippen LogP contribution in [0.1, 0.15) is 55.6 Å². The van der Waals surface area contributed by atoms with Crippen LogP contribution in [0.25, 0.3) is 0 Å². The van der Waals surface area contributed by atoms with Gasteiger partial charge >= 0.3 is 0 Å². The van der Waals surface area contributed by atoms with Gasteiger partial charge in [-0.25, -0.2) is 0 Å². The van der Waals surface area contributed by atoms with Crippen molar-refractivity contribution in [1.29, 1.82) is 0 Å². The molecule has 0 amide bonds. The predicted octanol–water partition coefficient (Wildman–Crippen LogP) is 5.75. The minimum absolute atomic E-state index is 0.373. The molecule has 0 saturated heterocycles. The van der Waals surface area contributed by atoms with Crippen LogP contribution in [-0.2, 0) is 44.8 Å². The molecule has 0 nitrogen and oxygen atoms in total. The molecule has 0 N–H and O–H groups in total. The minimum Gasteiger partial charge on any atom is -0.0555 e. The smallest absolute Gasteiger partial charge is 0.0555 e. The Labute approximate surface area is 166 Å². The van der Waals surface area contributed by atoms with Gasteiger partial charge in [-0.1, -0.05) is 12.1 Å². The average Bonchev–Trinajstić information content (AvgIpc) is 2.55. The molecule has 1 aliphatic rings. The Kier molecular flexibility index (Phi) is 5.84. The molecule has 0 aliphatic carbocycles. The molecule has 4 bridgehead atoms. The summed E-state index contributed by atoms with van der Waals surface area (Å²) in [6.45, 7) is 14.0. The van der Waals surface area contributed by atoms with Crippen molar-refractivity contribution >= 4 is 21.8 Å². The van der Waals surface area contributed by atoms with Crippen LogP contribution in [-0.4, -0.2) is 12.5 Å². The van der Waals surface area contributed by atoms with Crippen LogP contribution >= 0.6 is 0 Å². The number of rotatable bonds is 0. The van der Waals surface area contributed by atoms with Gasteiger partial charge in [0, 0.05) is 22.3 Å². The summed E-state index contributed by atoms with van der Waals surface area (Å²) in [4.78, 5) is 0. The largest absolute Gasteiger partial charge is 0.133 e. The maximum absolute atomic E-state index is 2.47. The first-order chi connectivity index (χ1) is 12.2. The Morgan fingerprint density at radius 3 is 0.962 bits per heavy atom. The van der Waals surface area contributed by atoms with E-state index in [9.17, 15) is 0 Å². The van der Waals surface area contributed by atoms with E-state index < -0.39 is 0 Å². The first-order valence-electron chi connectivity index (χ1n) is 9.54. The van der Waals surface area contributed by atoms with Crippen molar-refractivity contribution in [2.45, 2.75) is 64.6 Å². The van der Waals surface area contributed by atoms with E-state index >= 15 is 0 Å². The fraction of sp³-hybridized carbons (Fsp3) is 0.500. The average molecular weight is 387 g/mol. The fourth-order valence-electron chi connectivity index (χ4n) is 4.52. The summed E-state index contributed by atoms with van der Waals surface area (Å²) < 4.78 is 0. The second-order valence-corrected chi connectivity index (χ2v) is 12.6. The summed E-state index contributed by atoms with van der Waals surface area (Å²) in [6.07, 6.45) is 4.93. The molecule has 0 atom stereocenters. The topological polar surface area (TPSA) is 0 Å². The highest BCUT2D eigenvalue weighted by Crippen LogP contribution is 2.32. The summed E-state index contributed by atoms with van der Waals surface area (Å²) in [6, 6.07) is 4.89. The van der Waals surface area contributed by atoms with Gasteiger partial charge in [0.2, 0.25) is 0 Å². The van der Waals surface area contributed by atoms with Crippen molar-refractivity contribution in [2.75, 3.05) is 12.5 Å². The Morgan fingerprint density at radius 2 is 0.731 bits per heavy atom. The Balaban J connectivity index is 2.16. The second-order valence-electron chi connectivity index (χ2n) is 8.33. The summed E-state index contributed by atoms with van der Waals surface area (Å²) in [5, 5.41) is 0. The molecule has 0 radical (unpaired) electrons. The molecule has 26 heavy (non-hydrogen) atoms. The van der Waals surface area contributed by atoms with Gasteiger partial charge in [0.1, 0.15) is 23.0 Å². The van der Waals surface area contributed by atoms with Crippen molar-refractivity contribution in [1.82, 2.24) is 0 Å². The van der Waals surface area contributed by atoms with Crippen molar-refractivity contribution in [3.8, 4) is 0 Å². The van der Waals surface area contributed by atoms with Gasteiger partial charge < -0.3 is 0 Å². The lowest BCUT2D eigenvalue weighted by Gasteiger charge is -2.21. The van der Waals surface area contributed by atoms with Crippen LogP contribution in [0.5, 0.6) is 0 Å². The Bertz CT molecular complexity index is 716. The second kappa shape index (κ2) is 7.64. The van der Waals surface area contributed by atoms with Gasteiger partial charge in [-0.2, -0.15) is 0 Å². The molecule has 2 heteroatoms. The van der Waals surface area contributed by atoms with Crippen LogP contribution in [0, 0.1) is 41.5 Å². The molecule has 0 spiro atoms. The summed E-state index contributed by atoms with van der Waals surface area (Å²) in [5.41, 5.74) is 15.6. The molecule has 1 heterocycles. The van der Waals surface area contributed by atoms with Gasteiger partial charge in [0.15, 0.2) is 0 Å². The maximum atomic E-state index is 2.47. The lowest BCUT2D eigenvalue weighted by Crippen LogP contribution is -2.17. The van der Waals surface area contributed by atoms with Crippen molar-refractivity contribution < 1.29 is 0 Å². The van der Waals surface area contributed by atoms with Crippen molar-refractivity contribution in [3.05, 3.63) is 67.8 Å². The fourth-order valence-corrected chi connectivity index (χ4v) is 8.47. The lowest BCUT2D eigenvalue weighted by atomic mass is 9.95. The maximum Gasteiger partial charge on any atom is 0.133 e. The molecular weight excluding hydrogens is 352 g/mol. The molecule has 0 saturated carbocycles. The molecular formula is C24H34S2+2. The van der Waals surface area contributed by atoms with Gasteiger partial charge in [-0.3, -0.25) is 0 Å². The first kappa shape index (κ1) is 19.9. The van der Waals surface area contributed by atoms with Crippen LogP contribution in [0.3, 0.4) is 0 Å². The van der Waals surface area contributed by atoms with Gasteiger partial charge in [-0.05, 0) is 96.7 Å². The molecule has 140 valence electrons. The minimum atomic E-state index is 0.373. The van der Waals surface area contributed by atoms with Crippen LogP contribution in [0.4, 0.5) is 0 Å². The monoisotopic (exact) mass is 386 g/mol. The van der Waals surface area contributed by atoms with Crippen molar-refractivity contribution in [2.24, 2.45) is 0 Å². The van der Waals surface area contributed by atoms with E-state index in [-0.39, 0.29) is 0 Å². The third-order valence-electron chi connectivity index (χ3n) is 6.14. The van der Waals surface area contributed by atoms with E-state index in [4.69, 9.17) is 0 Å². The summed E-state index contributed by atoms with van der Waals surface area (Å²) in [5.74, 6) is 4.91. The third-order valence-corrected chi connectivity index (χ3v) is 9.27. The molecule has 3 rings (SSSR count). The number of fused-ring (bicyclic) bond motifs is 4. The van der Waals surface area contributed by atoms with E-state index in [1.54, 1.807) is 33.4 Å². The highest BCUT2D eigenvalue weighted by Gasteiger charge is 2.27. The molecule has 2 aromatic rings. The van der Waals surface area contributed by atoms with Crippen LogP contribution in [0.2, 0.25) is 0 Å². The molecule has 0 unspecified atom stereocenters.